The molecule has 0 saturated heterocycles. The Hall–Kier alpha value is -3.56. The van der Waals surface area contributed by atoms with Crippen LogP contribution >= 0.6 is 0 Å². The van der Waals surface area contributed by atoms with E-state index in [1.165, 1.54) is 4.57 Å². The van der Waals surface area contributed by atoms with Crippen LogP contribution in [-0.2, 0) is 23.0 Å². The van der Waals surface area contributed by atoms with E-state index >= 15 is 0 Å². The van der Waals surface area contributed by atoms with Gasteiger partial charge in [0.15, 0.2) is 11.4 Å². The lowest BCUT2D eigenvalue weighted by Gasteiger charge is -2.14. The van der Waals surface area contributed by atoms with Crippen molar-refractivity contribution in [3.05, 3.63) is 46.1 Å². The maximum absolute atomic E-state index is 12.6. The van der Waals surface area contributed by atoms with Crippen LogP contribution in [0.15, 0.2) is 33.5 Å². The van der Waals surface area contributed by atoms with Gasteiger partial charge in [-0.3, -0.25) is 14.5 Å². The van der Waals surface area contributed by atoms with Crippen molar-refractivity contribution >= 4 is 28.9 Å². The molecule has 0 spiro atoms. The molecule has 0 aliphatic heterocycles. The van der Waals surface area contributed by atoms with E-state index in [2.05, 4.69) is 20.8 Å². The number of nitrogens with one attached hydrogen (secondary N) is 3. The molecule has 2 heterocycles. The molecule has 3 aliphatic rings. The fourth-order valence-electron chi connectivity index (χ4n) is 4.94. The lowest BCUT2D eigenvalue weighted by atomic mass is 10.0. The molecule has 3 saturated carbocycles. The maximum Gasteiger partial charge on any atom is 0.419 e. The third-order valence-corrected chi connectivity index (χ3v) is 7.25. The van der Waals surface area contributed by atoms with Gasteiger partial charge in [0.2, 0.25) is 5.91 Å². The van der Waals surface area contributed by atoms with Gasteiger partial charge in [0.25, 0.3) is 0 Å². The van der Waals surface area contributed by atoms with E-state index < -0.39 is 5.76 Å². The Labute approximate surface area is 188 Å². The van der Waals surface area contributed by atoms with Crippen LogP contribution in [0.3, 0.4) is 0 Å². The number of alkyl carbamates (subject to hydrolysis) is 1. The molecule has 3 aromatic rings. The molecular weight excluding hydrogens is 426 g/mol. The van der Waals surface area contributed by atoms with Gasteiger partial charge >= 0.3 is 11.8 Å². The van der Waals surface area contributed by atoms with Gasteiger partial charge in [0.1, 0.15) is 6.10 Å². The first-order valence-corrected chi connectivity index (χ1v) is 11.3. The number of H-pyrrole nitrogens is 1. The van der Waals surface area contributed by atoms with Gasteiger partial charge in [0, 0.05) is 35.8 Å². The number of aryl methyl sites for hydroxylation is 1. The van der Waals surface area contributed by atoms with Crippen LogP contribution < -0.4 is 16.4 Å². The fraction of sp³-hybridized carbons (Fsp3) is 0.478. The molecule has 0 bridgehead atoms. The second-order valence-corrected chi connectivity index (χ2v) is 9.55. The van der Waals surface area contributed by atoms with E-state index in [-0.39, 0.29) is 36.0 Å². The molecule has 2 atom stereocenters. The standard InChI is InChI=1S/C23H25N5O5/c1-28-17-4-2-3-13(20(17)33-22(28)31)8-19(29)24-18-9-16(26-27-18)12-5-6-15(7-12)32-21(30)25-23-10-14(23)11-23/h2-4,9,12,14-15H,5-8,10-11H2,1H3,(H,25,30)(H2,24,26,27,29)/t12-,14?,15+,23?/m0/s1. The van der Waals surface area contributed by atoms with Crippen LogP contribution in [0.25, 0.3) is 11.1 Å². The smallest absolute Gasteiger partial charge is 0.419 e. The summed E-state index contributed by atoms with van der Waals surface area (Å²) in [5.41, 5.74) is 2.69. The number of rotatable bonds is 6. The molecule has 3 fully saturated rings. The van der Waals surface area contributed by atoms with Crippen LogP contribution in [0.1, 0.15) is 49.3 Å². The Morgan fingerprint density at radius 3 is 2.94 bits per heavy atom. The van der Waals surface area contributed by atoms with Crippen LogP contribution in [0.4, 0.5) is 10.6 Å². The monoisotopic (exact) mass is 451 g/mol. The second-order valence-electron chi connectivity index (χ2n) is 9.55. The number of nitrogens with zero attached hydrogens (tertiary/aromatic N) is 2. The zero-order valence-corrected chi connectivity index (χ0v) is 18.2. The first-order chi connectivity index (χ1) is 15.9. The normalized spacial score (nSPS) is 27.2. The second kappa shape index (κ2) is 7.23. The number of hydrogen-bond donors (Lipinski definition) is 3. The molecule has 6 rings (SSSR count). The predicted octanol–water partition coefficient (Wildman–Crippen LogP) is 2.56. The number of aromatic amines is 1. The number of benzene rings is 1. The molecule has 172 valence electrons. The third-order valence-electron chi connectivity index (χ3n) is 7.25. The number of ether oxygens (including phenoxy) is 1. The predicted molar refractivity (Wildman–Crippen MR) is 118 cm³/mol. The Morgan fingerprint density at radius 1 is 1.33 bits per heavy atom. The summed E-state index contributed by atoms with van der Waals surface area (Å²) >= 11 is 0. The summed E-state index contributed by atoms with van der Waals surface area (Å²) < 4.78 is 12.3. The fourth-order valence-corrected chi connectivity index (χ4v) is 4.94. The van der Waals surface area contributed by atoms with Crippen molar-refractivity contribution in [2.24, 2.45) is 13.0 Å². The summed E-state index contributed by atoms with van der Waals surface area (Å²) in [6.07, 6.45) is 4.25. The van der Waals surface area contributed by atoms with Crippen LogP contribution in [0.5, 0.6) is 0 Å². The van der Waals surface area contributed by atoms with Crippen molar-refractivity contribution < 1.29 is 18.7 Å². The zero-order valence-electron chi connectivity index (χ0n) is 18.2. The molecule has 0 radical (unpaired) electrons. The molecule has 1 aromatic carbocycles. The van der Waals surface area contributed by atoms with Crippen molar-refractivity contribution in [3.8, 4) is 0 Å². The topological polar surface area (TPSA) is 131 Å². The van der Waals surface area contributed by atoms with Gasteiger partial charge in [-0.25, -0.2) is 9.59 Å². The highest BCUT2D eigenvalue weighted by atomic mass is 16.6. The number of aromatic nitrogens is 3. The van der Waals surface area contributed by atoms with Crippen molar-refractivity contribution in [1.82, 2.24) is 20.1 Å². The van der Waals surface area contributed by atoms with Crippen molar-refractivity contribution in [2.75, 3.05) is 5.32 Å². The molecule has 0 unspecified atom stereocenters. The molecule has 3 N–H and O–H groups in total. The highest BCUT2D eigenvalue weighted by molar-refractivity contribution is 5.93. The van der Waals surface area contributed by atoms with E-state index in [9.17, 15) is 14.4 Å². The number of anilines is 1. The van der Waals surface area contributed by atoms with E-state index in [0.29, 0.717) is 28.4 Å². The quantitative estimate of drug-likeness (QED) is 0.528. The maximum atomic E-state index is 12.6. The summed E-state index contributed by atoms with van der Waals surface area (Å²) in [4.78, 5) is 36.5. The summed E-state index contributed by atoms with van der Waals surface area (Å²) in [6, 6.07) is 7.16. The number of carbonyl (C=O) groups excluding carboxylic acids is 2. The van der Waals surface area contributed by atoms with E-state index in [4.69, 9.17) is 9.15 Å². The van der Waals surface area contributed by atoms with Gasteiger partial charge in [-0.2, -0.15) is 5.10 Å². The minimum absolute atomic E-state index is 0.0588. The number of amides is 2. The Bertz CT molecular complexity index is 1310. The zero-order chi connectivity index (χ0) is 22.7. The van der Waals surface area contributed by atoms with Gasteiger partial charge in [-0.15, -0.1) is 0 Å². The van der Waals surface area contributed by atoms with Crippen molar-refractivity contribution in [1.29, 1.82) is 0 Å². The Morgan fingerprint density at radius 2 is 2.15 bits per heavy atom. The van der Waals surface area contributed by atoms with Gasteiger partial charge in [-0.05, 0) is 44.1 Å². The SMILES string of the molecule is Cn1c(=O)oc2c(CC(=O)Nc3cc([C@H]4CC[C@@H](OC(=O)NC56CC5C6)C4)[nH]n3)cccc21. The van der Waals surface area contributed by atoms with Crippen LogP contribution in [0.2, 0.25) is 0 Å². The van der Waals surface area contributed by atoms with Gasteiger partial charge in [0.05, 0.1) is 11.9 Å². The number of carbonyl (C=O) groups is 2. The Balaban J connectivity index is 1.05. The highest BCUT2D eigenvalue weighted by Gasteiger charge is 2.71. The number of hydrogen-bond acceptors (Lipinski definition) is 6. The highest BCUT2D eigenvalue weighted by Crippen LogP contribution is 2.66. The first kappa shape index (κ1) is 20.1. The van der Waals surface area contributed by atoms with E-state index in [0.717, 1.165) is 37.8 Å². The van der Waals surface area contributed by atoms with Gasteiger partial charge in [-0.1, -0.05) is 12.1 Å². The minimum Gasteiger partial charge on any atom is -0.446 e. The molecule has 2 amide bonds. The Kier molecular flexibility index (Phi) is 4.40. The van der Waals surface area contributed by atoms with E-state index in [1.807, 2.05) is 6.07 Å². The van der Waals surface area contributed by atoms with Crippen LogP contribution in [0, 0.1) is 5.92 Å². The number of para-hydroxylation sites is 1. The van der Waals surface area contributed by atoms with Crippen LogP contribution in [-0.4, -0.2) is 38.4 Å². The average molecular weight is 451 g/mol. The molecule has 10 nitrogen and oxygen atoms in total. The van der Waals surface area contributed by atoms with Gasteiger partial charge < -0.3 is 19.8 Å². The molecule has 33 heavy (non-hydrogen) atoms. The van der Waals surface area contributed by atoms with Crippen molar-refractivity contribution in [2.45, 2.75) is 56.1 Å². The summed E-state index contributed by atoms with van der Waals surface area (Å²) in [7, 11) is 1.63. The number of fused-ring (bicyclic) bond motifs is 2. The summed E-state index contributed by atoms with van der Waals surface area (Å²) in [5, 5.41) is 13.0. The molecule has 10 heteroatoms. The van der Waals surface area contributed by atoms with Crippen molar-refractivity contribution in [3.63, 3.8) is 0 Å². The largest absolute Gasteiger partial charge is 0.446 e. The molecular formula is C23H25N5O5. The first-order valence-electron chi connectivity index (χ1n) is 11.3. The van der Waals surface area contributed by atoms with E-state index in [1.54, 1.807) is 25.2 Å². The molecule has 3 aliphatic carbocycles. The number of oxazole rings is 1. The minimum atomic E-state index is -0.463. The summed E-state index contributed by atoms with van der Waals surface area (Å²) in [6.45, 7) is 0. The molecule has 2 aromatic heterocycles. The average Bonchev–Trinajstić information content (AvgIpc) is 3.32. The lowest BCUT2D eigenvalue weighted by molar-refractivity contribution is -0.115. The lowest BCUT2D eigenvalue weighted by Crippen LogP contribution is -2.33. The summed E-state index contributed by atoms with van der Waals surface area (Å²) in [5.74, 6) is 0.593. The third kappa shape index (κ3) is 3.69.